The zero-order chi connectivity index (χ0) is 21.1. The van der Waals surface area contributed by atoms with E-state index in [1.807, 2.05) is 39.8 Å². The number of hydrogen-bond donors (Lipinski definition) is 0. The molecule has 0 saturated carbocycles. The van der Waals surface area contributed by atoms with Crippen LogP contribution in [-0.2, 0) is 29.9 Å². The summed E-state index contributed by atoms with van der Waals surface area (Å²) in [4.78, 5) is 17.6. The van der Waals surface area contributed by atoms with Crippen LogP contribution in [0.1, 0.15) is 43.6 Å². The number of carbonyl (C=O) groups is 1. The Morgan fingerprint density at radius 3 is 2.21 bits per heavy atom. The van der Waals surface area contributed by atoms with Gasteiger partial charge in [0.25, 0.3) is 5.91 Å². The number of halogens is 1. The minimum absolute atomic E-state index is 0.0145. The van der Waals surface area contributed by atoms with E-state index in [4.69, 9.17) is 23.5 Å². The van der Waals surface area contributed by atoms with Crippen molar-refractivity contribution in [2.24, 2.45) is 5.92 Å². The normalized spacial score (nSPS) is 29.1. The predicted molar refractivity (Wildman–Crippen MR) is 112 cm³/mol. The first-order chi connectivity index (χ1) is 13.5. The molecule has 2 atom stereocenters. The van der Waals surface area contributed by atoms with Crippen LogP contribution in [0.3, 0.4) is 0 Å². The fraction of sp³-hybridized carbons (Fsp3) is 0.632. The van der Waals surface area contributed by atoms with E-state index in [0.717, 1.165) is 10.0 Å². The molecule has 3 saturated heterocycles. The van der Waals surface area contributed by atoms with Crippen LogP contribution in [0.5, 0.6) is 0 Å². The molecule has 0 aromatic heterocycles. The van der Waals surface area contributed by atoms with Gasteiger partial charge in [-0.3, -0.25) is 9.63 Å². The quantitative estimate of drug-likeness (QED) is 0.503. The average molecular weight is 466 g/mol. The lowest BCUT2D eigenvalue weighted by Crippen LogP contribution is -2.50. The molecule has 0 N–H and O–H groups in total. The Labute approximate surface area is 180 Å². The first-order valence-electron chi connectivity index (χ1n) is 9.80. The maximum atomic E-state index is 12.5. The Hall–Kier alpha value is -0.900. The highest BCUT2D eigenvalue weighted by Crippen LogP contribution is 2.47. The molecule has 3 heterocycles. The fourth-order valence-corrected chi connectivity index (χ4v) is 5.04. The highest BCUT2D eigenvalue weighted by atomic mass is 79.9. The number of fused-ring (bicyclic) bond motifs is 5. The predicted octanol–water partition coefficient (Wildman–Crippen LogP) is 2.70. The van der Waals surface area contributed by atoms with Crippen LogP contribution in [0.15, 0.2) is 22.7 Å². The zero-order valence-electron chi connectivity index (χ0n) is 17.6. The molecule has 4 rings (SSSR count). The van der Waals surface area contributed by atoms with Gasteiger partial charge < -0.3 is 18.6 Å². The largest absolute Gasteiger partial charge is 0.488 e. The minimum atomic E-state index is -0.531. The van der Waals surface area contributed by atoms with Gasteiger partial charge in [0.15, 0.2) is 0 Å². The molecule has 2 unspecified atom stereocenters. The van der Waals surface area contributed by atoms with E-state index in [-0.39, 0.29) is 24.0 Å². The summed E-state index contributed by atoms with van der Waals surface area (Å²) >= 11 is 3.64. The highest BCUT2D eigenvalue weighted by Gasteiger charge is 2.66. The van der Waals surface area contributed by atoms with Gasteiger partial charge in [0.05, 0.1) is 30.5 Å². The fourth-order valence-electron chi connectivity index (χ4n) is 4.63. The van der Waals surface area contributed by atoms with Crippen molar-refractivity contribution >= 4 is 35.9 Å². The molecule has 156 valence electrons. The molecule has 7 nitrogen and oxygen atoms in total. The van der Waals surface area contributed by atoms with Crippen LogP contribution < -0.4 is 0 Å². The summed E-state index contributed by atoms with van der Waals surface area (Å²) in [7, 11) is 2.00. The lowest BCUT2D eigenvalue weighted by atomic mass is 9.49. The second-order valence-corrected chi connectivity index (χ2v) is 9.81. The number of rotatable bonds is 4. The summed E-state index contributed by atoms with van der Waals surface area (Å²) in [5, 5.41) is 1.21. The molecule has 1 aromatic rings. The first kappa shape index (κ1) is 21.3. The summed E-state index contributed by atoms with van der Waals surface area (Å²) in [5.74, 6) is -0.219. The molecule has 29 heavy (non-hydrogen) atoms. The van der Waals surface area contributed by atoms with Crippen molar-refractivity contribution in [2.45, 2.75) is 57.5 Å². The highest BCUT2D eigenvalue weighted by molar-refractivity contribution is 9.10. The van der Waals surface area contributed by atoms with Gasteiger partial charge in [-0.2, -0.15) is 0 Å². The monoisotopic (exact) mass is 465 g/mol. The Morgan fingerprint density at radius 1 is 1.14 bits per heavy atom. The SMILES string of the molecule is CON(C)C(=O)c1ccc(Br)c(CC2C3OB(OC3(C)C)B3OC2C(C)(C)O3)c1. The summed E-state index contributed by atoms with van der Waals surface area (Å²) in [6.07, 6.45) is 0.337. The number of benzene rings is 1. The number of hydrogen-bond acceptors (Lipinski definition) is 6. The van der Waals surface area contributed by atoms with Crippen LogP contribution in [0.2, 0.25) is 0 Å². The van der Waals surface area contributed by atoms with Gasteiger partial charge >= 0.3 is 14.0 Å². The molecule has 3 aliphatic heterocycles. The van der Waals surface area contributed by atoms with Gasteiger partial charge in [-0.25, -0.2) is 5.06 Å². The van der Waals surface area contributed by atoms with Gasteiger partial charge in [0, 0.05) is 23.0 Å². The number of carbonyl (C=O) groups excluding carboxylic acids is 1. The van der Waals surface area contributed by atoms with Crippen LogP contribution in [0, 0.1) is 5.92 Å². The van der Waals surface area contributed by atoms with Crippen LogP contribution in [-0.4, -0.2) is 62.6 Å². The molecule has 4 bridgehead atoms. The van der Waals surface area contributed by atoms with Crippen molar-refractivity contribution in [1.82, 2.24) is 5.06 Å². The first-order valence-corrected chi connectivity index (χ1v) is 10.6. The topological polar surface area (TPSA) is 66.5 Å². The maximum absolute atomic E-state index is 12.5. The van der Waals surface area contributed by atoms with Crippen molar-refractivity contribution in [3.63, 3.8) is 0 Å². The molecule has 10 heteroatoms. The third-order valence-corrected chi connectivity index (χ3v) is 6.85. The summed E-state index contributed by atoms with van der Waals surface area (Å²) in [6.45, 7) is 8.19. The van der Waals surface area contributed by atoms with E-state index in [1.165, 1.54) is 12.2 Å². The molecule has 3 aliphatic rings. The average Bonchev–Trinajstić information content (AvgIpc) is 3.10. The number of amides is 1. The maximum Gasteiger partial charge on any atom is 0.488 e. The van der Waals surface area contributed by atoms with E-state index in [9.17, 15) is 4.79 Å². The number of hydroxylamine groups is 2. The van der Waals surface area contributed by atoms with Gasteiger partial charge in [0.2, 0.25) is 0 Å². The smallest absolute Gasteiger partial charge is 0.407 e. The Morgan fingerprint density at radius 2 is 1.69 bits per heavy atom. The third-order valence-electron chi connectivity index (χ3n) is 6.08. The summed E-state index contributed by atoms with van der Waals surface area (Å²) < 4.78 is 25.7. The van der Waals surface area contributed by atoms with E-state index >= 15 is 0 Å². The lowest BCUT2D eigenvalue weighted by molar-refractivity contribution is -0.0757. The van der Waals surface area contributed by atoms with Crippen molar-refractivity contribution in [3.8, 4) is 0 Å². The molecule has 0 radical (unpaired) electrons. The summed E-state index contributed by atoms with van der Waals surface area (Å²) in [6, 6.07) is 5.57. The van der Waals surface area contributed by atoms with Gasteiger partial charge in [0.1, 0.15) is 0 Å². The van der Waals surface area contributed by atoms with Crippen LogP contribution >= 0.6 is 15.9 Å². The molecule has 1 aromatic carbocycles. The van der Waals surface area contributed by atoms with Gasteiger partial charge in [-0.15, -0.1) is 0 Å². The van der Waals surface area contributed by atoms with E-state index < -0.39 is 25.2 Å². The molecule has 3 fully saturated rings. The molecule has 1 amide bonds. The van der Waals surface area contributed by atoms with Crippen LogP contribution in [0.25, 0.3) is 0 Å². The molecular weight excluding hydrogens is 440 g/mol. The minimum Gasteiger partial charge on any atom is -0.407 e. The second-order valence-electron chi connectivity index (χ2n) is 8.95. The van der Waals surface area contributed by atoms with Crippen molar-refractivity contribution in [3.05, 3.63) is 33.8 Å². The molecule has 0 aliphatic carbocycles. The Kier molecular flexibility index (Phi) is 5.41. The molecule has 0 spiro atoms. The van der Waals surface area contributed by atoms with Crippen molar-refractivity contribution in [2.75, 3.05) is 14.2 Å². The van der Waals surface area contributed by atoms with Crippen molar-refractivity contribution in [1.29, 1.82) is 0 Å². The van der Waals surface area contributed by atoms with Gasteiger partial charge in [-0.05, 0) is 57.9 Å². The molecular formula is C19H26B2BrNO6. The van der Waals surface area contributed by atoms with E-state index in [2.05, 4.69) is 15.9 Å². The summed E-state index contributed by atoms with van der Waals surface area (Å²) in [5.41, 5.74) is 0.631. The van der Waals surface area contributed by atoms with Gasteiger partial charge in [-0.1, -0.05) is 15.9 Å². The zero-order valence-corrected chi connectivity index (χ0v) is 19.2. The second kappa shape index (κ2) is 7.35. The van der Waals surface area contributed by atoms with E-state index in [1.54, 1.807) is 13.1 Å². The standard InChI is InChI=1S/C19H26B2BrNO6/c1-18(2)15-13(16-19(3,4)29-21(27-16)20(26-15)28-18)10-12-9-11(7-8-14(12)22)17(24)23(5)25-6/h7-9,13,15-16H,10H2,1-6H3. The van der Waals surface area contributed by atoms with Crippen molar-refractivity contribution < 1.29 is 28.2 Å². The van der Waals surface area contributed by atoms with Crippen LogP contribution in [0.4, 0.5) is 0 Å². The Bertz CT molecular complexity index is 792. The lowest BCUT2D eigenvalue weighted by Gasteiger charge is -2.40. The number of nitrogens with zero attached hydrogens (tertiary/aromatic N) is 1. The Balaban J connectivity index is 1.69. The third kappa shape index (κ3) is 3.68. The van der Waals surface area contributed by atoms with E-state index in [0.29, 0.717) is 12.0 Å².